The SMILES string of the molecule is CC(C)(C[N+](C)(C)CCC(F)(F)F)NCl. The first-order valence-electron chi connectivity index (χ1n) is 4.74. The molecule has 0 atom stereocenters. The van der Waals surface area contributed by atoms with Crippen molar-refractivity contribution in [2.75, 3.05) is 27.2 Å². The van der Waals surface area contributed by atoms with E-state index in [1.807, 2.05) is 13.8 Å². The van der Waals surface area contributed by atoms with Crippen molar-refractivity contribution in [2.24, 2.45) is 0 Å². The minimum absolute atomic E-state index is 0.0610. The highest BCUT2D eigenvalue weighted by atomic mass is 35.5. The second-order valence-corrected chi connectivity index (χ2v) is 5.35. The molecule has 0 aromatic carbocycles. The van der Waals surface area contributed by atoms with E-state index in [4.69, 9.17) is 11.8 Å². The Labute approximate surface area is 94.1 Å². The van der Waals surface area contributed by atoms with Gasteiger partial charge in [0.05, 0.1) is 39.1 Å². The number of halogens is 4. The monoisotopic (exact) mass is 247 g/mol. The van der Waals surface area contributed by atoms with Crippen LogP contribution in [0, 0.1) is 0 Å². The number of likely N-dealkylation sites (N-methyl/N-ethyl adjacent to an activating group) is 1. The second-order valence-electron chi connectivity index (χ2n) is 5.16. The fourth-order valence-corrected chi connectivity index (χ4v) is 1.67. The van der Waals surface area contributed by atoms with E-state index >= 15 is 0 Å². The number of nitrogens with one attached hydrogen (secondary N) is 1. The summed E-state index contributed by atoms with van der Waals surface area (Å²) in [7, 11) is 3.53. The molecule has 0 saturated carbocycles. The average Bonchev–Trinajstić information content (AvgIpc) is 1.98. The van der Waals surface area contributed by atoms with Gasteiger partial charge in [0.25, 0.3) is 0 Å². The van der Waals surface area contributed by atoms with E-state index in [2.05, 4.69) is 4.84 Å². The molecule has 0 saturated heterocycles. The molecule has 0 aliphatic heterocycles. The van der Waals surface area contributed by atoms with Gasteiger partial charge in [-0.05, 0) is 25.6 Å². The number of alkyl halides is 3. The summed E-state index contributed by atoms with van der Waals surface area (Å²) in [6.45, 7) is 4.30. The lowest BCUT2D eigenvalue weighted by molar-refractivity contribution is -0.895. The standard InChI is InChI=1S/C9H19ClF3N2/c1-8(2,14-10)7-15(3,4)6-5-9(11,12)13/h14H,5-7H2,1-4H3/q+1. The van der Waals surface area contributed by atoms with Gasteiger partial charge in [-0.3, -0.25) is 0 Å². The molecule has 6 heteroatoms. The van der Waals surface area contributed by atoms with Crippen LogP contribution >= 0.6 is 11.8 Å². The molecule has 92 valence electrons. The first-order valence-corrected chi connectivity index (χ1v) is 5.12. The molecule has 0 aliphatic carbocycles. The van der Waals surface area contributed by atoms with Crippen LogP contribution in [0.3, 0.4) is 0 Å². The fraction of sp³-hybridized carbons (Fsp3) is 1.00. The maximum atomic E-state index is 12.0. The highest BCUT2D eigenvalue weighted by Gasteiger charge is 2.34. The Kier molecular flexibility index (Phi) is 4.89. The molecule has 0 fully saturated rings. The second kappa shape index (κ2) is 4.89. The fourth-order valence-electron chi connectivity index (χ4n) is 1.61. The van der Waals surface area contributed by atoms with Gasteiger partial charge < -0.3 is 4.48 Å². The van der Waals surface area contributed by atoms with Gasteiger partial charge in [0.15, 0.2) is 0 Å². The van der Waals surface area contributed by atoms with Gasteiger partial charge >= 0.3 is 6.18 Å². The molecule has 0 amide bonds. The molecule has 0 aromatic rings. The predicted octanol–water partition coefficient (Wildman–Crippen LogP) is 2.54. The number of nitrogens with zero attached hydrogens (tertiary/aromatic N) is 1. The third-order valence-electron chi connectivity index (χ3n) is 2.08. The van der Waals surface area contributed by atoms with Crippen LogP contribution in [0.5, 0.6) is 0 Å². The van der Waals surface area contributed by atoms with Gasteiger partial charge in [0, 0.05) is 0 Å². The van der Waals surface area contributed by atoms with Crippen molar-refractivity contribution in [3.8, 4) is 0 Å². The van der Waals surface area contributed by atoms with Gasteiger partial charge in [0.1, 0.15) is 0 Å². The maximum absolute atomic E-state index is 12.0. The van der Waals surface area contributed by atoms with E-state index in [0.717, 1.165) is 0 Å². The smallest absolute Gasteiger partial charge is 0.327 e. The molecule has 15 heavy (non-hydrogen) atoms. The normalized spacial score (nSPS) is 14.4. The van der Waals surface area contributed by atoms with Crippen molar-refractivity contribution in [3.63, 3.8) is 0 Å². The molecule has 0 bridgehead atoms. The van der Waals surface area contributed by atoms with E-state index < -0.39 is 12.6 Å². The van der Waals surface area contributed by atoms with Crippen LogP contribution in [0.25, 0.3) is 0 Å². The topological polar surface area (TPSA) is 12.0 Å². The molecule has 0 rings (SSSR count). The summed E-state index contributed by atoms with van der Waals surface area (Å²) >= 11 is 5.51. The summed E-state index contributed by atoms with van der Waals surface area (Å²) in [5.74, 6) is 0. The summed E-state index contributed by atoms with van der Waals surface area (Å²) in [6.07, 6.45) is -4.85. The number of hydrogen-bond acceptors (Lipinski definition) is 1. The largest absolute Gasteiger partial charge is 0.394 e. The summed E-state index contributed by atoms with van der Waals surface area (Å²) in [4.78, 5) is 2.57. The summed E-state index contributed by atoms with van der Waals surface area (Å²) in [5, 5.41) is 0. The molecule has 1 N–H and O–H groups in total. The Hall–Kier alpha value is 0. The molecule has 0 aromatic heterocycles. The van der Waals surface area contributed by atoms with Crippen molar-refractivity contribution < 1.29 is 17.7 Å². The molecular formula is C9H19ClF3N2+. The van der Waals surface area contributed by atoms with Gasteiger partial charge in [0.2, 0.25) is 0 Å². The first kappa shape index (κ1) is 15.0. The Balaban J connectivity index is 4.19. The molecule has 0 heterocycles. The maximum Gasteiger partial charge on any atom is 0.394 e. The number of hydrogen-bond donors (Lipinski definition) is 1. The molecule has 0 spiro atoms. The van der Waals surface area contributed by atoms with Crippen LogP contribution in [0.15, 0.2) is 0 Å². The van der Waals surface area contributed by atoms with Gasteiger partial charge in [-0.1, -0.05) is 0 Å². The van der Waals surface area contributed by atoms with Crippen LogP contribution in [-0.4, -0.2) is 43.4 Å². The van der Waals surface area contributed by atoms with E-state index in [-0.39, 0.29) is 16.6 Å². The van der Waals surface area contributed by atoms with Crippen molar-refractivity contribution in [3.05, 3.63) is 0 Å². The van der Waals surface area contributed by atoms with Crippen molar-refractivity contribution >= 4 is 11.8 Å². The Morgan fingerprint density at radius 3 is 2.00 bits per heavy atom. The van der Waals surface area contributed by atoms with E-state index in [9.17, 15) is 13.2 Å². The average molecular weight is 248 g/mol. The third-order valence-corrected chi connectivity index (χ3v) is 2.59. The van der Waals surface area contributed by atoms with Crippen LogP contribution in [0.2, 0.25) is 0 Å². The lowest BCUT2D eigenvalue weighted by Crippen LogP contribution is -2.54. The molecule has 0 aliphatic rings. The third kappa shape index (κ3) is 7.88. The molecule has 0 radical (unpaired) electrons. The minimum Gasteiger partial charge on any atom is -0.327 e. The lowest BCUT2D eigenvalue weighted by atomic mass is 10.1. The van der Waals surface area contributed by atoms with E-state index in [0.29, 0.717) is 6.54 Å². The zero-order valence-electron chi connectivity index (χ0n) is 9.58. The van der Waals surface area contributed by atoms with Gasteiger partial charge in [-0.25, -0.2) is 4.84 Å². The van der Waals surface area contributed by atoms with Crippen LogP contribution in [0.4, 0.5) is 13.2 Å². The molecule has 2 nitrogen and oxygen atoms in total. The zero-order chi connectivity index (χ0) is 12.3. The first-order chi connectivity index (χ1) is 6.47. The quantitative estimate of drug-likeness (QED) is 0.582. The minimum atomic E-state index is -4.09. The summed E-state index contributed by atoms with van der Waals surface area (Å²) < 4.78 is 36.4. The van der Waals surface area contributed by atoms with Crippen LogP contribution in [-0.2, 0) is 0 Å². The molecular weight excluding hydrogens is 229 g/mol. The Bertz CT molecular complexity index is 202. The summed E-state index contributed by atoms with van der Waals surface area (Å²) in [6, 6.07) is 0. The van der Waals surface area contributed by atoms with E-state index in [1.165, 1.54) is 0 Å². The highest BCUT2D eigenvalue weighted by molar-refractivity contribution is 6.13. The predicted molar refractivity (Wildman–Crippen MR) is 55.6 cm³/mol. The van der Waals surface area contributed by atoms with Crippen LogP contribution < -0.4 is 4.84 Å². The summed E-state index contributed by atoms with van der Waals surface area (Å²) in [5.41, 5.74) is -0.378. The van der Waals surface area contributed by atoms with Gasteiger partial charge in [-0.2, -0.15) is 13.2 Å². The highest BCUT2D eigenvalue weighted by Crippen LogP contribution is 2.22. The lowest BCUT2D eigenvalue weighted by Gasteiger charge is -2.36. The number of quaternary nitrogens is 1. The Morgan fingerprint density at radius 2 is 1.67 bits per heavy atom. The van der Waals surface area contributed by atoms with Crippen molar-refractivity contribution in [1.82, 2.24) is 4.84 Å². The van der Waals surface area contributed by atoms with Crippen molar-refractivity contribution in [1.29, 1.82) is 0 Å². The molecule has 0 unspecified atom stereocenters. The van der Waals surface area contributed by atoms with Crippen molar-refractivity contribution in [2.45, 2.75) is 32.0 Å². The number of rotatable bonds is 5. The zero-order valence-corrected chi connectivity index (χ0v) is 10.3. The van der Waals surface area contributed by atoms with Gasteiger partial charge in [-0.15, -0.1) is 0 Å². The van der Waals surface area contributed by atoms with Crippen LogP contribution in [0.1, 0.15) is 20.3 Å². The Morgan fingerprint density at radius 1 is 1.20 bits per heavy atom. The van der Waals surface area contributed by atoms with E-state index in [1.54, 1.807) is 14.1 Å².